The van der Waals surface area contributed by atoms with Crippen LogP contribution in [0.4, 0.5) is 18.0 Å². The molecule has 1 aliphatic rings. The number of aliphatic hydroxyl groups excluding tert-OH is 1. The summed E-state index contributed by atoms with van der Waals surface area (Å²) in [6, 6.07) is 5.31. The lowest BCUT2D eigenvalue weighted by Gasteiger charge is -2.33. The third kappa shape index (κ3) is 4.88. The van der Waals surface area contributed by atoms with Crippen LogP contribution in [0.25, 0.3) is 10.9 Å². The second-order valence-corrected chi connectivity index (χ2v) is 9.14. The standard InChI is InChI=1S/C20H24BrF3N2O3/c1-19(2,3)29-18(28)26-8-6-11(7-9-26)12-4-5-14-13(10-12)15(17(21)25-14)16(27)20(22,23)24/h4-5,10-11,16,25,27H,6-9H2,1-3H3. The number of rotatable bonds is 2. The van der Waals surface area contributed by atoms with E-state index in [1.807, 2.05) is 26.8 Å². The average Bonchev–Trinajstić information content (AvgIpc) is 2.93. The lowest BCUT2D eigenvalue weighted by atomic mass is 9.88. The van der Waals surface area contributed by atoms with E-state index in [2.05, 4.69) is 20.9 Å². The number of piperidine rings is 1. The number of alkyl halides is 3. The maximum absolute atomic E-state index is 13.1. The number of carbonyl (C=O) groups is 1. The topological polar surface area (TPSA) is 65.6 Å². The number of amides is 1. The summed E-state index contributed by atoms with van der Waals surface area (Å²) in [7, 11) is 0. The zero-order valence-electron chi connectivity index (χ0n) is 16.4. The molecule has 160 valence electrons. The van der Waals surface area contributed by atoms with Crippen LogP contribution in [-0.4, -0.2) is 46.0 Å². The highest BCUT2D eigenvalue weighted by atomic mass is 79.9. The van der Waals surface area contributed by atoms with Crippen LogP contribution in [-0.2, 0) is 4.74 Å². The number of nitrogens with zero attached hydrogens (tertiary/aromatic N) is 1. The first kappa shape index (κ1) is 22.0. The van der Waals surface area contributed by atoms with Crippen LogP contribution in [0, 0.1) is 0 Å². The van der Waals surface area contributed by atoms with Crippen LogP contribution in [0.3, 0.4) is 0 Å². The monoisotopic (exact) mass is 476 g/mol. The van der Waals surface area contributed by atoms with E-state index in [9.17, 15) is 23.1 Å². The van der Waals surface area contributed by atoms with E-state index in [1.54, 1.807) is 17.0 Å². The van der Waals surface area contributed by atoms with Crippen molar-refractivity contribution in [2.75, 3.05) is 13.1 Å². The van der Waals surface area contributed by atoms with Gasteiger partial charge in [0.15, 0.2) is 6.10 Å². The summed E-state index contributed by atoms with van der Waals surface area (Å²) < 4.78 is 44.7. The molecule has 0 bridgehead atoms. The average molecular weight is 477 g/mol. The van der Waals surface area contributed by atoms with Gasteiger partial charge in [0.05, 0.1) is 4.60 Å². The Morgan fingerprint density at radius 3 is 2.45 bits per heavy atom. The molecule has 1 aromatic carbocycles. The maximum Gasteiger partial charge on any atom is 0.418 e. The Labute approximate surface area is 175 Å². The summed E-state index contributed by atoms with van der Waals surface area (Å²) in [6.07, 6.45) is -6.31. The number of H-pyrrole nitrogens is 1. The lowest BCUT2D eigenvalue weighted by Crippen LogP contribution is -2.41. The predicted octanol–water partition coefficient (Wildman–Crippen LogP) is 5.64. The molecule has 5 nitrogen and oxygen atoms in total. The van der Waals surface area contributed by atoms with E-state index in [1.165, 1.54) is 0 Å². The maximum atomic E-state index is 13.1. The van der Waals surface area contributed by atoms with Crippen molar-refractivity contribution < 1.29 is 27.8 Å². The molecule has 1 aromatic heterocycles. The molecule has 3 rings (SSSR count). The van der Waals surface area contributed by atoms with Gasteiger partial charge in [0.1, 0.15) is 5.60 Å². The molecule has 29 heavy (non-hydrogen) atoms. The number of nitrogens with one attached hydrogen (secondary N) is 1. The predicted molar refractivity (Wildman–Crippen MR) is 107 cm³/mol. The van der Waals surface area contributed by atoms with Crippen molar-refractivity contribution in [3.63, 3.8) is 0 Å². The van der Waals surface area contributed by atoms with E-state index in [4.69, 9.17) is 4.74 Å². The number of hydrogen-bond acceptors (Lipinski definition) is 3. The lowest BCUT2D eigenvalue weighted by molar-refractivity contribution is -0.206. The number of aromatic amines is 1. The molecule has 2 N–H and O–H groups in total. The third-order valence-electron chi connectivity index (χ3n) is 5.02. The van der Waals surface area contributed by atoms with Gasteiger partial charge in [-0.25, -0.2) is 4.79 Å². The highest BCUT2D eigenvalue weighted by Gasteiger charge is 2.42. The number of ether oxygens (including phenoxy) is 1. The van der Waals surface area contributed by atoms with Crippen molar-refractivity contribution in [3.8, 4) is 0 Å². The van der Waals surface area contributed by atoms with Crippen molar-refractivity contribution in [2.45, 2.75) is 57.4 Å². The smallest absolute Gasteiger partial charge is 0.418 e. The van der Waals surface area contributed by atoms with Gasteiger partial charge in [-0.1, -0.05) is 6.07 Å². The Hall–Kier alpha value is -1.74. The van der Waals surface area contributed by atoms with E-state index in [-0.39, 0.29) is 22.2 Å². The van der Waals surface area contributed by atoms with Gasteiger partial charge in [-0.15, -0.1) is 0 Å². The normalized spacial score (nSPS) is 17.6. The van der Waals surface area contributed by atoms with Crippen molar-refractivity contribution in [1.29, 1.82) is 0 Å². The first-order valence-electron chi connectivity index (χ1n) is 9.40. The van der Waals surface area contributed by atoms with Gasteiger partial charge in [0.2, 0.25) is 0 Å². The number of aliphatic hydroxyl groups is 1. The second kappa shape index (κ2) is 7.83. The van der Waals surface area contributed by atoms with Crippen LogP contribution in [0.15, 0.2) is 22.8 Å². The molecule has 0 spiro atoms. The van der Waals surface area contributed by atoms with Gasteiger partial charge in [0, 0.05) is 29.6 Å². The third-order valence-corrected chi connectivity index (χ3v) is 5.64. The van der Waals surface area contributed by atoms with Gasteiger partial charge in [-0.2, -0.15) is 13.2 Å². The van der Waals surface area contributed by atoms with Crippen molar-refractivity contribution in [3.05, 3.63) is 33.9 Å². The summed E-state index contributed by atoms with van der Waals surface area (Å²) in [5, 5.41) is 10.1. The molecule has 1 saturated heterocycles. The fourth-order valence-corrected chi connectivity index (χ4v) is 4.25. The number of benzene rings is 1. The Morgan fingerprint density at radius 1 is 1.28 bits per heavy atom. The minimum atomic E-state index is -4.76. The number of hydrogen-bond donors (Lipinski definition) is 2. The van der Waals surface area contributed by atoms with Gasteiger partial charge >= 0.3 is 12.3 Å². The molecule has 1 amide bonds. The van der Waals surface area contributed by atoms with Crippen LogP contribution in [0.5, 0.6) is 0 Å². The number of halogens is 4. The van der Waals surface area contributed by atoms with Crippen LogP contribution >= 0.6 is 15.9 Å². The van der Waals surface area contributed by atoms with Gasteiger partial charge in [-0.3, -0.25) is 0 Å². The highest BCUT2D eigenvalue weighted by Crippen LogP contribution is 2.41. The minimum Gasteiger partial charge on any atom is -0.444 e. The summed E-state index contributed by atoms with van der Waals surface area (Å²) in [4.78, 5) is 16.7. The molecule has 2 heterocycles. The van der Waals surface area contributed by atoms with Crippen molar-refractivity contribution >= 4 is 32.9 Å². The van der Waals surface area contributed by atoms with Crippen molar-refractivity contribution in [1.82, 2.24) is 9.88 Å². The van der Waals surface area contributed by atoms with E-state index < -0.39 is 17.9 Å². The fraction of sp³-hybridized carbons (Fsp3) is 0.550. The Kier molecular flexibility index (Phi) is 5.93. The Balaban J connectivity index is 1.79. The Morgan fingerprint density at radius 2 is 1.90 bits per heavy atom. The number of aromatic nitrogens is 1. The SMILES string of the molecule is CC(C)(C)OC(=O)N1CCC(c2ccc3[nH]c(Br)c(C(O)C(F)(F)F)c3c2)CC1. The molecule has 1 fully saturated rings. The minimum absolute atomic E-state index is 0.114. The van der Waals surface area contributed by atoms with E-state index in [0.29, 0.717) is 36.8 Å². The molecule has 1 aliphatic heterocycles. The van der Waals surface area contributed by atoms with Gasteiger partial charge in [0.25, 0.3) is 0 Å². The van der Waals surface area contributed by atoms with Crippen molar-refractivity contribution in [2.24, 2.45) is 0 Å². The zero-order valence-corrected chi connectivity index (χ0v) is 18.0. The second-order valence-electron chi connectivity index (χ2n) is 8.34. The molecule has 0 aliphatic carbocycles. The molecular weight excluding hydrogens is 453 g/mol. The first-order valence-corrected chi connectivity index (χ1v) is 10.2. The molecule has 1 unspecified atom stereocenters. The van der Waals surface area contributed by atoms with Crippen LogP contribution in [0.1, 0.15) is 56.8 Å². The largest absolute Gasteiger partial charge is 0.444 e. The van der Waals surface area contributed by atoms with Gasteiger partial charge in [-0.05, 0) is 73.2 Å². The fourth-order valence-electron chi connectivity index (χ4n) is 3.60. The summed E-state index contributed by atoms with van der Waals surface area (Å²) in [5.74, 6) is 0.114. The summed E-state index contributed by atoms with van der Waals surface area (Å²) in [5.41, 5.74) is 0.644. The highest BCUT2D eigenvalue weighted by molar-refractivity contribution is 9.10. The Bertz CT molecular complexity index is 897. The first-order chi connectivity index (χ1) is 13.4. The number of fused-ring (bicyclic) bond motifs is 1. The number of likely N-dealkylation sites (tertiary alicyclic amines) is 1. The van der Waals surface area contributed by atoms with E-state index >= 15 is 0 Å². The molecule has 1 atom stereocenters. The summed E-state index contributed by atoms with van der Waals surface area (Å²) in [6.45, 7) is 6.48. The van der Waals surface area contributed by atoms with Crippen LogP contribution in [0.2, 0.25) is 0 Å². The van der Waals surface area contributed by atoms with Gasteiger partial charge < -0.3 is 19.7 Å². The molecule has 0 saturated carbocycles. The van der Waals surface area contributed by atoms with E-state index in [0.717, 1.165) is 5.56 Å². The molecule has 2 aromatic rings. The molecular formula is C20H24BrF3N2O3. The molecule has 9 heteroatoms. The summed E-state index contributed by atoms with van der Waals surface area (Å²) >= 11 is 3.10. The number of carbonyl (C=O) groups excluding carboxylic acids is 1. The quantitative estimate of drug-likeness (QED) is 0.589. The van der Waals surface area contributed by atoms with Crippen LogP contribution < -0.4 is 0 Å². The molecule has 0 radical (unpaired) electrons. The zero-order chi connectivity index (χ0) is 21.6.